The Hall–Kier alpha value is -1.21. The summed E-state index contributed by atoms with van der Waals surface area (Å²) in [6, 6.07) is 0.903. The molecule has 0 aliphatic heterocycles. The lowest BCUT2D eigenvalue weighted by atomic mass is 9.97. The maximum atomic E-state index is 13.6. The average Bonchev–Trinajstić information content (AvgIpc) is 2.37. The number of nitro benzene ring substituents is 1. The minimum Gasteiger partial charge on any atom is -0.258 e. The molecule has 0 heterocycles. The van der Waals surface area contributed by atoms with Crippen molar-refractivity contribution in [2.24, 2.45) is 0 Å². The van der Waals surface area contributed by atoms with E-state index in [0.717, 1.165) is 0 Å². The van der Waals surface area contributed by atoms with Gasteiger partial charge in [-0.1, -0.05) is 0 Å². The first-order valence-electron chi connectivity index (χ1n) is 5.11. The molecular formula is C10H4F8INO2. The lowest BCUT2D eigenvalue weighted by molar-refractivity contribution is -0.385. The summed E-state index contributed by atoms with van der Waals surface area (Å²) < 4.78 is 99.4. The smallest absolute Gasteiger partial charge is 0.258 e. The number of nitro groups is 1. The predicted molar refractivity (Wildman–Crippen MR) is 65.9 cm³/mol. The van der Waals surface area contributed by atoms with Crippen LogP contribution >= 0.6 is 22.6 Å². The van der Waals surface area contributed by atoms with Gasteiger partial charge in [-0.2, -0.15) is 35.1 Å². The van der Waals surface area contributed by atoms with Crippen LogP contribution in [0.1, 0.15) is 5.56 Å². The molecule has 124 valence electrons. The highest BCUT2D eigenvalue weighted by molar-refractivity contribution is 14.1. The van der Waals surface area contributed by atoms with E-state index in [1.54, 1.807) is 0 Å². The van der Waals surface area contributed by atoms with E-state index < -0.39 is 37.9 Å². The van der Waals surface area contributed by atoms with Gasteiger partial charge < -0.3 is 0 Å². The summed E-state index contributed by atoms with van der Waals surface area (Å²) >= 11 is -0.368. The van der Waals surface area contributed by atoms with Crippen LogP contribution in [0.25, 0.3) is 0 Å². The monoisotopic (exact) mass is 449 g/mol. The van der Waals surface area contributed by atoms with Crippen LogP contribution in [0.3, 0.4) is 0 Å². The molecule has 0 unspecified atom stereocenters. The Morgan fingerprint density at radius 2 is 1.27 bits per heavy atom. The van der Waals surface area contributed by atoms with Crippen molar-refractivity contribution in [1.82, 2.24) is 0 Å². The summed E-state index contributed by atoms with van der Waals surface area (Å²) in [5, 5.41) is 10.3. The van der Waals surface area contributed by atoms with Gasteiger partial charge in [0.15, 0.2) is 0 Å². The van der Waals surface area contributed by atoms with Crippen LogP contribution in [-0.2, 0) is 5.92 Å². The molecule has 3 nitrogen and oxygen atoms in total. The van der Waals surface area contributed by atoms with Gasteiger partial charge in [0.05, 0.1) is 4.92 Å². The molecule has 0 aliphatic carbocycles. The topological polar surface area (TPSA) is 43.1 Å². The molecule has 0 saturated carbocycles. The molecule has 0 spiro atoms. The van der Waals surface area contributed by atoms with Gasteiger partial charge in [-0.05, 0) is 12.1 Å². The highest BCUT2D eigenvalue weighted by atomic mass is 127. The Kier molecular flexibility index (Phi) is 4.67. The second kappa shape index (κ2) is 5.45. The van der Waals surface area contributed by atoms with E-state index in [0.29, 0.717) is 12.1 Å². The third-order valence-corrected chi connectivity index (χ3v) is 3.26. The molecular weight excluding hydrogens is 445 g/mol. The lowest BCUT2D eigenvalue weighted by Crippen LogP contribution is -2.59. The second-order valence-electron chi connectivity index (χ2n) is 4.02. The highest BCUT2D eigenvalue weighted by Crippen LogP contribution is 2.57. The van der Waals surface area contributed by atoms with Crippen molar-refractivity contribution < 1.29 is 40.0 Å². The molecule has 12 heteroatoms. The van der Waals surface area contributed by atoms with Crippen molar-refractivity contribution in [3.8, 4) is 0 Å². The fraction of sp³-hybridized carbons (Fsp3) is 0.400. The fourth-order valence-electron chi connectivity index (χ4n) is 1.35. The number of hydrogen-bond acceptors (Lipinski definition) is 2. The zero-order valence-electron chi connectivity index (χ0n) is 9.97. The largest absolute Gasteiger partial charge is 0.387 e. The van der Waals surface area contributed by atoms with Crippen LogP contribution in [0.5, 0.6) is 0 Å². The number of hydrogen-bond donors (Lipinski definition) is 0. The van der Waals surface area contributed by atoms with Crippen LogP contribution in [0, 0.1) is 10.1 Å². The van der Waals surface area contributed by atoms with Gasteiger partial charge in [-0.25, -0.2) is 0 Å². The molecule has 0 saturated heterocycles. The van der Waals surface area contributed by atoms with Crippen molar-refractivity contribution in [2.45, 2.75) is 21.7 Å². The van der Waals surface area contributed by atoms with E-state index in [-0.39, 0.29) is 34.7 Å². The standard InChI is InChI=1S/C10H4F8INO2/c11-7(12,5-1-3-6(4-2-5)20(21)22)8(13,14)9(15,16)10(17,18)19/h1-4H. The van der Waals surface area contributed by atoms with Crippen LogP contribution in [-0.4, -0.2) is 20.7 Å². The summed E-state index contributed by atoms with van der Waals surface area (Å²) in [5.41, 5.74) is -2.53. The van der Waals surface area contributed by atoms with Crippen molar-refractivity contribution >= 4 is 28.3 Å². The Labute approximate surface area is 130 Å². The Balaban J connectivity index is 3.35. The molecule has 1 aromatic rings. The number of halogens is 9. The first-order valence-corrected chi connectivity index (χ1v) is 6.19. The van der Waals surface area contributed by atoms with Gasteiger partial charge >= 0.3 is 21.7 Å². The molecule has 0 N–H and O–H groups in total. The summed E-state index contributed by atoms with van der Waals surface area (Å²) in [6.45, 7) is 0. The van der Waals surface area contributed by atoms with Crippen LogP contribution in [0.2, 0.25) is 0 Å². The normalized spacial score (nSPS) is 14.0. The van der Waals surface area contributed by atoms with Gasteiger partial charge in [-0.15, -0.1) is 0 Å². The molecule has 0 aliphatic rings. The minimum absolute atomic E-state index is 0.0907. The number of rotatable bonds is 5. The van der Waals surface area contributed by atoms with E-state index in [1.807, 2.05) is 0 Å². The molecule has 22 heavy (non-hydrogen) atoms. The first-order chi connectivity index (χ1) is 9.66. The average molecular weight is 449 g/mol. The minimum atomic E-state index is -6.43. The molecule has 0 radical (unpaired) electrons. The number of non-ortho nitro benzene ring substituents is 1. The first kappa shape index (κ1) is 18.8. The summed E-state index contributed by atoms with van der Waals surface area (Å²) in [6.07, 6.45) is 0. The molecule has 0 bridgehead atoms. The Bertz CT molecular complexity index is 569. The number of benzene rings is 1. The van der Waals surface area contributed by atoms with E-state index in [1.165, 1.54) is 0 Å². The maximum absolute atomic E-state index is 13.6. The number of alkyl halides is 9. The summed E-state index contributed by atoms with van der Waals surface area (Å²) in [7, 11) is 0. The van der Waals surface area contributed by atoms with Crippen molar-refractivity contribution in [3.05, 3.63) is 39.9 Å². The second-order valence-corrected chi connectivity index (χ2v) is 5.38. The zero-order chi connectivity index (χ0) is 17.6. The van der Waals surface area contributed by atoms with Gasteiger partial charge in [0.1, 0.15) is 0 Å². The Morgan fingerprint density at radius 1 is 0.864 bits per heavy atom. The van der Waals surface area contributed by atoms with E-state index in [4.69, 9.17) is 0 Å². The van der Waals surface area contributed by atoms with Gasteiger partial charge in [0, 0.05) is 40.3 Å². The Morgan fingerprint density at radius 3 is 1.59 bits per heavy atom. The van der Waals surface area contributed by atoms with E-state index in [9.17, 15) is 45.2 Å². The van der Waals surface area contributed by atoms with Gasteiger partial charge in [0.2, 0.25) is 0 Å². The SMILES string of the molecule is O=[N+]([O-])c1ccc(C(F)(F)C(F)(F)C(F)(F)C(F)(F)I)cc1. The van der Waals surface area contributed by atoms with Crippen LogP contribution in [0.15, 0.2) is 24.3 Å². The zero-order valence-corrected chi connectivity index (χ0v) is 12.1. The third-order valence-electron chi connectivity index (χ3n) is 2.59. The number of nitrogens with zero attached hydrogens (tertiary/aromatic N) is 1. The fourth-order valence-corrected chi connectivity index (χ4v) is 1.69. The molecule has 0 aromatic heterocycles. The summed E-state index contributed by atoms with van der Waals surface area (Å²) in [4.78, 5) is 9.25. The molecule has 0 amide bonds. The molecule has 1 rings (SSSR count). The van der Waals surface area contributed by atoms with Gasteiger partial charge in [0.25, 0.3) is 5.69 Å². The van der Waals surface area contributed by atoms with E-state index in [2.05, 4.69) is 0 Å². The molecule has 0 fully saturated rings. The third kappa shape index (κ3) is 2.84. The molecule has 0 atom stereocenters. The van der Waals surface area contributed by atoms with Crippen molar-refractivity contribution in [3.63, 3.8) is 0 Å². The van der Waals surface area contributed by atoms with E-state index >= 15 is 0 Å². The summed E-state index contributed by atoms with van der Waals surface area (Å²) in [5.74, 6) is -18.5. The maximum Gasteiger partial charge on any atom is 0.387 e. The molecule has 1 aromatic carbocycles. The van der Waals surface area contributed by atoms with Crippen LogP contribution < -0.4 is 0 Å². The van der Waals surface area contributed by atoms with Gasteiger partial charge in [-0.3, -0.25) is 10.1 Å². The predicted octanol–water partition coefficient (Wildman–Crippen LogP) is 4.99. The lowest BCUT2D eigenvalue weighted by Gasteiger charge is -2.34. The van der Waals surface area contributed by atoms with Crippen molar-refractivity contribution in [2.75, 3.05) is 0 Å². The quantitative estimate of drug-likeness (QED) is 0.209. The highest BCUT2D eigenvalue weighted by Gasteiger charge is 2.80. The van der Waals surface area contributed by atoms with Crippen LogP contribution in [0.4, 0.5) is 40.8 Å². The van der Waals surface area contributed by atoms with Crippen molar-refractivity contribution in [1.29, 1.82) is 0 Å².